The van der Waals surface area contributed by atoms with Crippen LogP contribution in [0.3, 0.4) is 0 Å². The van der Waals surface area contributed by atoms with Crippen molar-refractivity contribution in [2.24, 2.45) is 0 Å². The highest BCUT2D eigenvalue weighted by Gasteiger charge is 2.36. The molecule has 1 amide bonds. The highest BCUT2D eigenvalue weighted by atomic mass is 19.4. The molecule has 3 aromatic carbocycles. The van der Waals surface area contributed by atoms with Crippen LogP contribution in [0.25, 0.3) is 16.9 Å². The summed E-state index contributed by atoms with van der Waals surface area (Å²) in [5.41, 5.74) is 7.67. The first-order valence-corrected chi connectivity index (χ1v) is 12.4. The van der Waals surface area contributed by atoms with Gasteiger partial charge in [0.2, 0.25) is 0 Å². The summed E-state index contributed by atoms with van der Waals surface area (Å²) in [6, 6.07) is 21.5. The van der Waals surface area contributed by atoms with E-state index in [1.165, 1.54) is 27.8 Å². The molecule has 4 aromatic rings. The van der Waals surface area contributed by atoms with Gasteiger partial charge in [-0.05, 0) is 54.8 Å². The number of benzene rings is 3. The van der Waals surface area contributed by atoms with Crippen LogP contribution in [0.1, 0.15) is 34.3 Å². The number of amides is 1. The Hall–Kier alpha value is -4.60. The Balaban J connectivity index is 1.29. The van der Waals surface area contributed by atoms with E-state index < -0.39 is 23.8 Å². The Labute approximate surface area is 222 Å². The molecule has 39 heavy (non-hydrogen) atoms. The van der Waals surface area contributed by atoms with Gasteiger partial charge in [0.15, 0.2) is 0 Å². The van der Waals surface area contributed by atoms with Gasteiger partial charge in [0, 0.05) is 23.7 Å². The quantitative estimate of drug-likeness (QED) is 0.331. The lowest BCUT2D eigenvalue weighted by Gasteiger charge is -2.23. The first-order valence-electron chi connectivity index (χ1n) is 12.4. The van der Waals surface area contributed by atoms with Gasteiger partial charge in [-0.2, -0.15) is 18.3 Å². The highest BCUT2D eigenvalue weighted by Crippen LogP contribution is 2.32. The van der Waals surface area contributed by atoms with Gasteiger partial charge in [-0.15, -0.1) is 0 Å². The number of anilines is 1. The number of nitrogens with two attached hydrogens (primary N) is 1. The number of aromatic nitrogens is 2. The third-order valence-corrected chi connectivity index (χ3v) is 6.59. The number of esters is 1. The van der Waals surface area contributed by atoms with Crippen LogP contribution in [0.2, 0.25) is 0 Å². The van der Waals surface area contributed by atoms with E-state index in [9.17, 15) is 22.8 Å². The molecule has 2 N–H and O–H groups in total. The zero-order chi connectivity index (χ0) is 27.6. The monoisotopic (exact) mass is 534 g/mol. The minimum absolute atomic E-state index is 0.140. The molecule has 1 atom stereocenters. The molecule has 0 saturated carbocycles. The number of hydrogen-bond acceptors (Lipinski definition) is 5. The molecule has 10 heteroatoms. The molecule has 2 heterocycles. The normalized spacial score (nSPS) is 15.4. The van der Waals surface area contributed by atoms with E-state index in [-0.39, 0.29) is 29.6 Å². The van der Waals surface area contributed by atoms with E-state index in [1.807, 2.05) is 30.3 Å². The van der Waals surface area contributed by atoms with Gasteiger partial charge in [-0.25, -0.2) is 9.48 Å². The molecule has 5 rings (SSSR count). The highest BCUT2D eigenvalue weighted by molar-refractivity contribution is 5.97. The predicted octanol–water partition coefficient (Wildman–Crippen LogP) is 5.49. The molecule has 1 saturated heterocycles. The SMILES string of the molecule is Nc1cc(-c2cccc(C(F)(F)F)c2)nn1-c1ccc(C(=O)N2CCC[C@H]2C(=O)OCc2ccccc2)cc1. The van der Waals surface area contributed by atoms with Crippen molar-refractivity contribution in [1.82, 2.24) is 14.7 Å². The van der Waals surface area contributed by atoms with Crippen LogP contribution < -0.4 is 5.73 Å². The molecular formula is C29H25F3N4O3. The van der Waals surface area contributed by atoms with Crippen LogP contribution >= 0.6 is 0 Å². The molecule has 7 nitrogen and oxygen atoms in total. The summed E-state index contributed by atoms with van der Waals surface area (Å²) < 4.78 is 46.2. The van der Waals surface area contributed by atoms with Crippen molar-refractivity contribution < 1.29 is 27.5 Å². The van der Waals surface area contributed by atoms with Crippen LogP contribution in [0.15, 0.2) is 84.9 Å². The second kappa shape index (κ2) is 10.6. The molecule has 1 aliphatic heterocycles. The number of carbonyl (C=O) groups excluding carboxylic acids is 2. The van der Waals surface area contributed by atoms with E-state index in [0.29, 0.717) is 30.6 Å². The summed E-state index contributed by atoms with van der Waals surface area (Å²) in [6.45, 7) is 0.582. The summed E-state index contributed by atoms with van der Waals surface area (Å²) in [6.07, 6.45) is -3.25. The summed E-state index contributed by atoms with van der Waals surface area (Å²) in [5, 5.41) is 4.37. The van der Waals surface area contributed by atoms with Gasteiger partial charge in [-0.3, -0.25) is 4.79 Å². The molecule has 200 valence electrons. The van der Waals surface area contributed by atoms with Gasteiger partial charge >= 0.3 is 12.1 Å². The number of nitrogen functional groups attached to an aromatic ring is 1. The van der Waals surface area contributed by atoms with Crippen LogP contribution in [0.4, 0.5) is 19.0 Å². The lowest BCUT2D eigenvalue weighted by Crippen LogP contribution is -2.41. The Kier molecular flexibility index (Phi) is 7.10. The number of carbonyl (C=O) groups is 2. The number of nitrogens with zero attached hydrogens (tertiary/aromatic N) is 3. The maximum atomic E-state index is 13.2. The molecular weight excluding hydrogens is 509 g/mol. The minimum Gasteiger partial charge on any atom is -0.459 e. The van der Waals surface area contributed by atoms with Crippen molar-refractivity contribution in [3.8, 4) is 16.9 Å². The van der Waals surface area contributed by atoms with Crippen LogP contribution in [-0.2, 0) is 22.3 Å². The summed E-state index contributed by atoms with van der Waals surface area (Å²) in [4.78, 5) is 27.5. The maximum absolute atomic E-state index is 13.2. The second-order valence-corrected chi connectivity index (χ2v) is 9.24. The lowest BCUT2D eigenvalue weighted by molar-refractivity contribution is -0.149. The summed E-state index contributed by atoms with van der Waals surface area (Å²) >= 11 is 0. The summed E-state index contributed by atoms with van der Waals surface area (Å²) in [7, 11) is 0. The first kappa shape index (κ1) is 26.0. The largest absolute Gasteiger partial charge is 0.459 e. The Morgan fingerprint density at radius 1 is 0.974 bits per heavy atom. The van der Waals surface area contributed by atoms with Gasteiger partial charge in [0.05, 0.1) is 16.9 Å². The summed E-state index contributed by atoms with van der Waals surface area (Å²) in [5.74, 6) is -0.506. The van der Waals surface area contributed by atoms with Crippen LogP contribution in [-0.4, -0.2) is 39.1 Å². The second-order valence-electron chi connectivity index (χ2n) is 9.24. The first-order chi connectivity index (χ1) is 18.7. The number of likely N-dealkylation sites (tertiary alicyclic amines) is 1. The van der Waals surface area contributed by atoms with Crippen molar-refractivity contribution in [3.63, 3.8) is 0 Å². The molecule has 0 unspecified atom stereocenters. The van der Waals surface area contributed by atoms with E-state index in [2.05, 4.69) is 5.10 Å². The third kappa shape index (κ3) is 5.64. The fourth-order valence-corrected chi connectivity index (χ4v) is 4.59. The number of ether oxygens (including phenoxy) is 1. The standard InChI is InChI=1S/C29H25F3N4O3/c30-29(31,32)22-9-4-8-21(16-22)24-17-26(33)36(34-24)23-13-11-20(12-14-23)27(37)35-15-5-10-25(35)28(38)39-18-19-6-2-1-3-7-19/h1-4,6-9,11-14,16-17,25H,5,10,15,18,33H2/t25-/m0/s1. The van der Waals surface area contributed by atoms with Crippen molar-refractivity contribution in [3.05, 3.63) is 102 Å². The maximum Gasteiger partial charge on any atom is 0.416 e. The number of rotatable bonds is 6. The Morgan fingerprint density at radius 2 is 1.72 bits per heavy atom. The van der Waals surface area contributed by atoms with E-state index >= 15 is 0 Å². The zero-order valence-corrected chi connectivity index (χ0v) is 20.8. The van der Waals surface area contributed by atoms with Crippen LogP contribution in [0, 0.1) is 0 Å². The molecule has 0 radical (unpaired) electrons. The molecule has 1 aromatic heterocycles. The number of alkyl halides is 3. The van der Waals surface area contributed by atoms with Gasteiger partial charge in [0.25, 0.3) is 5.91 Å². The predicted molar refractivity (Wildman–Crippen MR) is 139 cm³/mol. The minimum atomic E-state index is -4.47. The number of halogens is 3. The Bertz CT molecular complexity index is 1480. The molecule has 0 spiro atoms. The average Bonchev–Trinajstić information content (AvgIpc) is 3.59. The van der Waals surface area contributed by atoms with Gasteiger partial charge < -0.3 is 15.4 Å². The van der Waals surface area contributed by atoms with Crippen molar-refractivity contribution >= 4 is 17.7 Å². The van der Waals surface area contributed by atoms with E-state index in [4.69, 9.17) is 10.5 Å². The smallest absolute Gasteiger partial charge is 0.416 e. The number of hydrogen-bond donors (Lipinski definition) is 1. The van der Waals surface area contributed by atoms with Crippen LogP contribution in [0.5, 0.6) is 0 Å². The topological polar surface area (TPSA) is 90.5 Å². The van der Waals surface area contributed by atoms with Crippen molar-refractivity contribution in [1.29, 1.82) is 0 Å². The molecule has 0 aliphatic carbocycles. The van der Waals surface area contributed by atoms with E-state index in [0.717, 1.165) is 17.7 Å². The fourth-order valence-electron chi connectivity index (χ4n) is 4.59. The van der Waals surface area contributed by atoms with Crippen molar-refractivity contribution in [2.45, 2.75) is 31.7 Å². The fraction of sp³-hybridized carbons (Fsp3) is 0.207. The molecule has 0 bridgehead atoms. The molecule has 1 aliphatic rings. The van der Waals surface area contributed by atoms with Gasteiger partial charge in [-0.1, -0.05) is 42.5 Å². The van der Waals surface area contributed by atoms with E-state index in [1.54, 1.807) is 24.3 Å². The third-order valence-electron chi connectivity index (χ3n) is 6.59. The lowest BCUT2D eigenvalue weighted by atomic mass is 10.1. The average molecular weight is 535 g/mol. The van der Waals surface area contributed by atoms with Gasteiger partial charge in [0.1, 0.15) is 18.5 Å². The Morgan fingerprint density at radius 3 is 2.44 bits per heavy atom. The molecule has 1 fully saturated rings. The van der Waals surface area contributed by atoms with Crippen molar-refractivity contribution in [2.75, 3.05) is 12.3 Å². The zero-order valence-electron chi connectivity index (χ0n) is 20.8.